The second-order valence-electron chi connectivity index (χ2n) is 3.09. The molecule has 0 fully saturated rings. The number of nitrogens with zero attached hydrogens (tertiary/aromatic N) is 1. The smallest absolute Gasteiger partial charge is 0.179 e. The molecule has 0 spiro atoms. The summed E-state index contributed by atoms with van der Waals surface area (Å²) in [6.45, 7) is 1.68. The Morgan fingerprint density at radius 1 is 1.43 bits per heavy atom. The maximum Gasteiger partial charge on any atom is 0.179 e. The second-order valence-corrected chi connectivity index (χ2v) is 5.20. The first-order chi connectivity index (χ1) is 6.56. The minimum absolute atomic E-state index is 0.0331. The van der Waals surface area contributed by atoms with E-state index in [9.17, 15) is 8.42 Å². The highest BCUT2D eigenvalue weighted by molar-refractivity contribution is 7.91. The van der Waals surface area contributed by atoms with Crippen LogP contribution < -0.4 is 0 Å². The lowest BCUT2D eigenvalue weighted by molar-refractivity contribution is 0.295. The van der Waals surface area contributed by atoms with Gasteiger partial charge in [-0.3, -0.25) is 4.98 Å². The van der Waals surface area contributed by atoms with Crippen molar-refractivity contribution < 1.29 is 13.5 Å². The first-order valence-electron chi connectivity index (χ1n) is 4.31. The summed E-state index contributed by atoms with van der Waals surface area (Å²) in [7, 11) is -3.27. The zero-order valence-corrected chi connectivity index (χ0v) is 8.79. The summed E-state index contributed by atoms with van der Waals surface area (Å²) < 4.78 is 23.2. The first-order valence-corrected chi connectivity index (χ1v) is 5.97. The van der Waals surface area contributed by atoms with Gasteiger partial charge in [0.1, 0.15) is 0 Å². The van der Waals surface area contributed by atoms with Crippen LogP contribution in [0.2, 0.25) is 0 Å². The Bertz CT molecular complexity index is 400. The number of hydrogen-bond donors (Lipinski definition) is 1. The van der Waals surface area contributed by atoms with Gasteiger partial charge in [0.2, 0.25) is 0 Å². The summed E-state index contributed by atoms with van der Waals surface area (Å²) in [5, 5.41) is 8.55. The zero-order valence-electron chi connectivity index (χ0n) is 7.97. The lowest BCUT2D eigenvalue weighted by Gasteiger charge is -2.03. The van der Waals surface area contributed by atoms with E-state index < -0.39 is 9.84 Å². The topological polar surface area (TPSA) is 67.3 Å². The highest BCUT2D eigenvalue weighted by atomic mass is 32.2. The van der Waals surface area contributed by atoms with E-state index in [0.29, 0.717) is 0 Å². The van der Waals surface area contributed by atoms with Crippen LogP contribution in [0.3, 0.4) is 0 Å². The van der Waals surface area contributed by atoms with E-state index in [1.165, 1.54) is 6.20 Å². The van der Waals surface area contributed by atoms with Gasteiger partial charge in [0.25, 0.3) is 0 Å². The Hall–Kier alpha value is -0.940. The number of aliphatic hydroxyl groups excluding tert-OH is 1. The number of pyridine rings is 1. The van der Waals surface area contributed by atoms with Crippen molar-refractivity contribution in [2.24, 2.45) is 0 Å². The summed E-state index contributed by atoms with van der Waals surface area (Å²) in [5.41, 5.74) is 0.815. The molecule has 0 unspecified atom stereocenters. The van der Waals surface area contributed by atoms with Gasteiger partial charge in [-0.2, -0.15) is 0 Å². The average molecular weight is 215 g/mol. The van der Waals surface area contributed by atoms with Gasteiger partial charge >= 0.3 is 0 Å². The van der Waals surface area contributed by atoms with Crippen LogP contribution in [0.1, 0.15) is 12.0 Å². The van der Waals surface area contributed by atoms with E-state index >= 15 is 0 Å². The molecule has 0 atom stereocenters. The molecule has 5 heteroatoms. The predicted molar refractivity (Wildman–Crippen MR) is 52.7 cm³/mol. The number of hydrogen-bond acceptors (Lipinski definition) is 4. The minimum Gasteiger partial charge on any atom is -0.396 e. The van der Waals surface area contributed by atoms with Crippen LogP contribution >= 0.6 is 0 Å². The number of aryl methyl sites for hydroxylation is 1. The molecule has 0 aliphatic heterocycles. The molecule has 0 radical (unpaired) electrons. The van der Waals surface area contributed by atoms with Crippen LogP contribution in [0, 0.1) is 6.92 Å². The molecular weight excluding hydrogens is 202 g/mol. The van der Waals surface area contributed by atoms with Crippen molar-refractivity contribution in [2.75, 3.05) is 12.4 Å². The molecule has 0 aliphatic rings. The van der Waals surface area contributed by atoms with Gasteiger partial charge in [-0.15, -0.1) is 0 Å². The molecule has 1 N–H and O–H groups in total. The Balaban J connectivity index is 2.93. The van der Waals surface area contributed by atoms with Gasteiger partial charge in [-0.25, -0.2) is 8.42 Å². The third-order valence-corrected chi connectivity index (χ3v) is 3.55. The molecule has 4 nitrogen and oxygen atoms in total. The van der Waals surface area contributed by atoms with Crippen LogP contribution in [0.5, 0.6) is 0 Å². The van der Waals surface area contributed by atoms with Crippen LogP contribution in [-0.4, -0.2) is 30.9 Å². The van der Waals surface area contributed by atoms with Crippen molar-refractivity contribution in [2.45, 2.75) is 18.2 Å². The summed E-state index contributed by atoms with van der Waals surface area (Å²) in [6, 6.07) is 1.58. The molecule has 1 rings (SSSR count). The Kier molecular flexibility index (Phi) is 3.60. The quantitative estimate of drug-likeness (QED) is 0.796. The van der Waals surface area contributed by atoms with Crippen LogP contribution in [0.15, 0.2) is 23.4 Å². The van der Waals surface area contributed by atoms with Crippen molar-refractivity contribution in [3.05, 3.63) is 24.0 Å². The predicted octanol–water partition coefficient (Wildman–Crippen LogP) is 0.546. The van der Waals surface area contributed by atoms with Gasteiger partial charge in [0.05, 0.1) is 10.6 Å². The van der Waals surface area contributed by atoms with Gasteiger partial charge in [0.15, 0.2) is 9.84 Å². The second kappa shape index (κ2) is 4.52. The average Bonchev–Trinajstić information content (AvgIpc) is 2.15. The monoisotopic (exact) mass is 215 g/mol. The van der Waals surface area contributed by atoms with Crippen molar-refractivity contribution in [3.63, 3.8) is 0 Å². The Morgan fingerprint density at radius 3 is 2.71 bits per heavy atom. The summed E-state index contributed by atoms with van der Waals surface area (Å²) in [6.07, 6.45) is 3.20. The largest absolute Gasteiger partial charge is 0.396 e. The molecule has 0 saturated carbocycles. The normalized spacial score (nSPS) is 11.6. The van der Waals surface area contributed by atoms with E-state index in [4.69, 9.17) is 5.11 Å². The SMILES string of the molecule is Cc1cncc(S(=O)(=O)CCCO)c1. The van der Waals surface area contributed by atoms with Crippen LogP contribution in [0.25, 0.3) is 0 Å². The molecular formula is C9H13NO3S. The van der Waals surface area contributed by atoms with Gasteiger partial charge < -0.3 is 5.11 Å². The van der Waals surface area contributed by atoms with E-state index in [0.717, 1.165) is 5.56 Å². The number of aliphatic hydroxyl groups is 1. The fraction of sp³-hybridized carbons (Fsp3) is 0.444. The summed E-state index contributed by atoms with van der Waals surface area (Å²) in [4.78, 5) is 4.04. The molecule has 0 bridgehead atoms. The maximum atomic E-state index is 11.6. The van der Waals surface area contributed by atoms with Crippen LogP contribution in [0.4, 0.5) is 0 Å². The lowest BCUT2D eigenvalue weighted by Crippen LogP contribution is -2.08. The Labute approximate surface area is 83.5 Å². The van der Waals surface area contributed by atoms with E-state index in [-0.39, 0.29) is 23.7 Å². The molecule has 0 amide bonds. The molecule has 1 aromatic heterocycles. The zero-order chi connectivity index (χ0) is 10.6. The third-order valence-electron chi connectivity index (χ3n) is 1.78. The minimum atomic E-state index is -3.27. The molecule has 1 heterocycles. The third kappa shape index (κ3) is 2.78. The van der Waals surface area contributed by atoms with E-state index in [1.54, 1.807) is 19.2 Å². The van der Waals surface area contributed by atoms with Crippen LogP contribution in [-0.2, 0) is 9.84 Å². The summed E-state index contributed by atoms with van der Waals surface area (Å²) >= 11 is 0. The number of aromatic nitrogens is 1. The summed E-state index contributed by atoms with van der Waals surface area (Å²) in [5.74, 6) is -0.0331. The van der Waals surface area contributed by atoms with Crippen molar-refractivity contribution in [1.82, 2.24) is 4.98 Å². The van der Waals surface area contributed by atoms with E-state index in [1.807, 2.05) is 0 Å². The molecule has 0 saturated heterocycles. The molecule has 14 heavy (non-hydrogen) atoms. The highest BCUT2D eigenvalue weighted by Gasteiger charge is 2.13. The molecule has 0 aromatic carbocycles. The van der Waals surface area contributed by atoms with Crippen molar-refractivity contribution in [3.8, 4) is 0 Å². The van der Waals surface area contributed by atoms with Gasteiger partial charge in [0, 0.05) is 19.0 Å². The van der Waals surface area contributed by atoms with Gasteiger partial charge in [-0.05, 0) is 25.0 Å². The number of rotatable bonds is 4. The lowest BCUT2D eigenvalue weighted by atomic mass is 10.3. The van der Waals surface area contributed by atoms with Gasteiger partial charge in [-0.1, -0.05) is 0 Å². The molecule has 0 aliphatic carbocycles. The standard InChI is InChI=1S/C9H13NO3S/c1-8-5-9(7-10-6-8)14(12,13)4-2-3-11/h5-7,11H,2-4H2,1H3. The highest BCUT2D eigenvalue weighted by Crippen LogP contribution is 2.11. The van der Waals surface area contributed by atoms with E-state index in [2.05, 4.69) is 4.98 Å². The first kappa shape index (κ1) is 11.1. The molecule has 1 aromatic rings. The fourth-order valence-electron chi connectivity index (χ4n) is 1.07. The molecule has 78 valence electrons. The number of sulfone groups is 1. The fourth-order valence-corrected chi connectivity index (χ4v) is 2.40. The van der Waals surface area contributed by atoms with Crippen molar-refractivity contribution in [1.29, 1.82) is 0 Å². The Morgan fingerprint density at radius 2 is 2.14 bits per heavy atom. The van der Waals surface area contributed by atoms with Crippen molar-refractivity contribution >= 4 is 9.84 Å². The maximum absolute atomic E-state index is 11.6.